The van der Waals surface area contributed by atoms with Gasteiger partial charge in [0.05, 0.1) is 5.41 Å². The monoisotopic (exact) mass is 331 g/mol. The van der Waals surface area contributed by atoms with E-state index in [9.17, 15) is 18.8 Å². The molecule has 2 aliphatic carbocycles. The van der Waals surface area contributed by atoms with Crippen LogP contribution < -0.4 is 5.73 Å². The molecule has 0 aromatic heterocycles. The predicted octanol–water partition coefficient (Wildman–Crippen LogP) is 0.853. The van der Waals surface area contributed by atoms with Crippen LogP contribution in [0.4, 0.5) is 4.39 Å². The Balaban J connectivity index is 2.01. The van der Waals surface area contributed by atoms with Crippen LogP contribution in [-0.2, 0) is 23.9 Å². The summed E-state index contributed by atoms with van der Waals surface area (Å²) in [5, 5.41) is 9.00. The number of halogens is 1. The van der Waals surface area contributed by atoms with Crippen LogP contribution in [0.15, 0.2) is 0 Å². The van der Waals surface area contributed by atoms with Crippen molar-refractivity contribution in [1.29, 1.82) is 0 Å². The quantitative estimate of drug-likeness (QED) is 0.579. The molecule has 0 spiro atoms. The van der Waals surface area contributed by atoms with E-state index in [4.69, 9.17) is 20.3 Å². The van der Waals surface area contributed by atoms with Gasteiger partial charge in [-0.3, -0.25) is 4.79 Å². The highest BCUT2D eigenvalue weighted by Crippen LogP contribution is 2.68. The van der Waals surface area contributed by atoms with E-state index in [2.05, 4.69) is 0 Å². The Bertz CT molecular complexity index is 559. The lowest BCUT2D eigenvalue weighted by Gasteiger charge is -2.31. The number of esters is 2. The number of alkyl halides is 1. The molecule has 0 aliphatic heterocycles. The van der Waals surface area contributed by atoms with Crippen molar-refractivity contribution in [3.05, 3.63) is 0 Å². The zero-order valence-electron chi connectivity index (χ0n) is 13.6. The highest BCUT2D eigenvalue weighted by molar-refractivity contribution is 5.91. The van der Waals surface area contributed by atoms with Gasteiger partial charge in [-0.2, -0.15) is 0 Å². The maximum absolute atomic E-state index is 14.4. The summed E-state index contributed by atoms with van der Waals surface area (Å²) in [6.45, 7) is 5.93. The number of nitrogens with two attached hydrogens (primary N) is 1. The van der Waals surface area contributed by atoms with Gasteiger partial charge in [-0.25, -0.2) is 14.0 Å². The molecule has 2 fully saturated rings. The van der Waals surface area contributed by atoms with Gasteiger partial charge in [0.2, 0.25) is 12.5 Å². The molecule has 0 amide bonds. The van der Waals surface area contributed by atoms with E-state index in [1.807, 2.05) is 0 Å². The first-order valence-corrected chi connectivity index (χ1v) is 7.43. The van der Waals surface area contributed by atoms with E-state index in [0.717, 1.165) is 0 Å². The summed E-state index contributed by atoms with van der Waals surface area (Å²) in [5.41, 5.74) is 1.06. The van der Waals surface area contributed by atoms with Crippen LogP contribution in [0.1, 0.15) is 34.1 Å². The van der Waals surface area contributed by atoms with Crippen LogP contribution in [0.25, 0.3) is 0 Å². The second-order valence-electron chi connectivity index (χ2n) is 7.46. The lowest BCUT2D eigenvalue weighted by atomic mass is 9.82. The zero-order chi connectivity index (χ0) is 17.8. The highest BCUT2D eigenvalue weighted by atomic mass is 19.1. The smallest absolute Gasteiger partial charge is 0.342 e. The van der Waals surface area contributed by atoms with E-state index in [0.29, 0.717) is 0 Å². The molecule has 0 aromatic rings. The number of carbonyl (C=O) groups is 3. The second-order valence-corrected chi connectivity index (χ2v) is 7.46. The Labute approximate surface area is 133 Å². The van der Waals surface area contributed by atoms with Crippen molar-refractivity contribution < 1.29 is 33.4 Å². The van der Waals surface area contributed by atoms with Crippen LogP contribution in [0.2, 0.25) is 0 Å². The predicted molar refractivity (Wildman–Crippen MR) is 75.7 cm³/mol. The molecule has 5 atom stereocenters. The fraction of sp³-hybridized carbons (Fsp3) is 0.800. The number of hydrogen-bond acceptors (Lipinski definition) is 6. The number of carboxylic acids is 1. The molecule has 2 aliphatic rings. The summed E-state index contributed by atoms with van der Waals surface area (Å²) < 4.78 is 24.1. The lowest BCUT2D eigenvalue weighted by molar-refractivity contribution is -0.178. The Morgan fingerprint density at radius 3 is 2.35 bits per heavy atom. The number of aliphatic carboxylic acids is 1. The van der Waals surface area contributed by atoms with Gasteiger partial charge in [0.15, 0.2) is 0 Å². The minimum Gasteiger partial charge on any atom is -0.479 e. The molecule has 23 heavy (non-hydrogen) atoms. The molecule has 0 unspecified atom stereocenters. The number of rotatable bonds is 4. The SMILES string of the molecule is C[C@@H]1C[C@@H]2[C@H]([C@]1(N)C(=O)OCOC(=O)C(C)(C)C)[C@@]2(F)C(=O)O. The number of hydrogen-bond donors (Lipinski definition) is 2. The highest BCUT2D eigenvalue weighted by Gasteiger charge is 2.84. The van der Waals surface area contributed by atoms with Crippen molar-refractivity contribution in [2.45, 2.75) is 45.3 Å². The third-order valence-corrected chi connectivity index (χ3v) is 4.90. The average Bonchev–Trinajstić information content (AvgIpc) is 2.91. The summed E-state index contributed by atoms with van der Waals surface area (Å²) >= 11 is 0. The minimum atomic E-state index is -2.48. The van der Waals surface area contributed by atoms with Crippen LogP contribution in [-0.4, -0.2) is 41.0 Å². The maximum atomic E-state index is 14.4. The van der Waals surface area contributed by atoms with E-state index >= 15 is 0 Å². The van der Waals surface area contributed by atoms with Gasteiger partial charge in [0.25, 0.3) is 0 Å². The molecule has 8 heteroatoms. The fourth-order valence-corrected chi connectivity index (χ4v) is 3.39. The van der Waals surface area contributed by atoms with E-state index < -0.39 is 59.1 Å². The molecule has 0 heterocycles. The molecule has 130 valence electrons. The largest absolute Gasteiger partial charge is 0.479 e. The average molecular weight is 331 g/mol. The van der Waals surface area contributed by atoms with Crippen LogP contribution in [0, 0.1) is 23.2 Å². The zero-order valence-corrected chi connectivity index (χ0v) is 13.6. The fourth-order valence-electron chi connectivity index (χ4n) is 3.39. The lowest BCUT2D eigenvalue weighted by Crippen LogP contribution is -2.57. The van der Waals surface area contributed by atoms with Crippen LogP contribution in [0.5, 0.6) is 0 Å². The molecule has 7 nitrogen and oxygen atoms in total. The molecule has 3 N–H and O–H groups in total. The van der Waals surface area contributed by atoms with Gasteiger partial charge < -0.3 is 20.3 Å². The number of ether oxygens (including phenoxy) is 2. The van der Waals surface area contributed by atoms with Crippen molar-refractivity contribution in [3.8, 4) is 0 Å². The van der Waals surface area contributed by atoms with Crippen molar-refractivity contribution in [2.75, 3.05) is 6.79 Å². The van der Waals surface area contributed by atoms with Gasteiger partial charge in [0.1, 0.15) is 5.54 Å². The van der Waals surface area contributed by atoms with Crippen molar-refractivity contribution >= 4 is 17.9 Å². The molecule has 0 aromatic carbocycles. The summed E-state index contributed by atoms with van der Waals surface area (Å²) in [7, 11) is 0. The molecule has 0 bridgehead atoms. The van der Waals surface area contributed by atoms with Gasteiger partial charge in [-0.15, -0.1) is 0 Å². The van der Waals surface area contributed by atoms with Crippen LogP contribution in [0.3, 0.4) is 0 Å². The third-order valence-electron chi connectivity index (χ3n) is 4.90. The maximum Gasteiger partial charge on any atom is 0.342 e. The third kappa shape index (κ3) is 2.49. The summed E-state index contributed by atoms with van der Waals surface area (Å²) in [6.07, 6.45) is 0.195. The van der Waals surface area contributed by atoms with Gasteiger partial charge in [-0.1, -0.05) is 6.92 Å². The molecule has 2 saturated carbocycles. The summed E-state index contributed by atoms with van der Waals surface area (Å²) in [5.74, 6) is -5.45. The van der Waals surface area contributed by atoms with Crippen molar-refractivity contribution in [3.63, 3.8) is 0 Å². The topological polar surface area (TPSA) is 116 Å². The Hall–Kier alpha value is -1.70. The summed E-state index contributed by atoms with van der Waals surface area (Å²) in [6, 6.07) is 0. The first-order chi connectivity index (χ1) is 10.4. The van der Waals surface area contributed by atoms with Crippen LogP contribution >= 0.6 is 0 Å². The number of fused-ring (bicyclic) bond motifs is 1. The summed E-state index contributed by atoms with van der Waals surface area (Å²) in [4.78, 5) is 34.9. The molecule has 0 radical (unpaired) electrons. The first-order valence-electron chi connectivity index (χ1n) is 7.43. The van der Waals surface area contributed by atoms with E-state index in [1.54, 1.807) is 27.7 Å². The number of carbonyl (C=O) groups excluding carboxylic acids is 2. The normalized spacial score (nSPS) is 38.6. The van der Waals surface area contributed by atoms with Crippen molar-refractivity contribution in [2.24, 2.45) is 28.9 Å². The Morgan fingerprint density at radius 1 is 1.30 bits per heavy atom. The van der Waals surface area contributed by atoms with E-state index in [1.165, 1.54) is 0 Å². The Kier molecular flexibility index (Phi) is 3.96. The number of carboxylic acid groups (broad SMARTS) is 1. The molecule has 2 rings (SSSR count). The Morgan fingerprint density at radius 2 is 1.87 bits per heavy atom. The van der Waals surface area contributed by atoms with Gasteiger partial charge in [-0.05, 0) is 33.1 Å². The standard InChI is InChI=1S/C15H22FNO6/c1-7-5-8-9(14(8,16)10(18)19)15(7,17)12(21)23-6-22-11(20)13(2,3)4/h7-9H,5-6,17H2,1-4H3,(H,18,19)/t7-,8-,9+,14-,15+/m1/s1. The molecular formula is C15H22FNO6. The first kappa shape index (κ1) is 17.7. The van der Waals surface area contributed by atoms with Crippen molar-refractivity contribution in [1.82, 2.24) is 0 Å². The molecule has 0 saturated heterocycles. The second kappa shape index (κ2) is 5.15. The minimum absolute atomic E-state index is 0.195. The molecular weight excluding hydrogens is 309 g/mol. The van der Waals surface area contributed by atoms with Gasteiger partial charge >= 0.3 is 17.9 Å². The van der Waals surface area contributed by atoms with E-state index in [-0.39, 0.29) is 6.42 Å². The van der Waals surface area contributed by atoms with Gasteiger partial charge in [0, 0.05) is 11.8 Å².